The molecule has 0 saturated carbocycles. The van der Waals surface area contributed by atoms with E-state index < -0.39 is 0 Å². The number of aryl methyl sites for hydroxylation is 1. The number of aromatic nitrogens is 2. The molecule has 0 unspecified atom stereocenters. The molecule has 1 aromatic carbocycles. The third kappa shape index (κ3) is 1.52. The number of hydrogen-bond donors (Lipinski definition) is 0. The van der Waals surface area contributed by atoms with Crippen molar-refractivity contribution in [3.63, 3.8) is 0 Å². The molecule has 0 N–H and O–H groups in total. The molecule has 0 aliphatic carbocycles. The number of carbonyl (C=O) groups excluding carboxylic acids is 1. The zero-order chi connectivity index (χ0) is 12.5. The van der Waals surface area contributed by atoms with E-state index in [1.54, 1.807) is 0 Å². The van der Waals surface area contributed by atoms with Gasteiger partial charge >= 0.3 is 0 Å². The molecule has 88 valence electrons. The van der Waals surface area contributed by atoms with Gasteiger partial charge in [0.1, 0.15) is 17.0 Å². The van der Waals surface area contributed by atoms with Gasteiger partial charge in [0.15, 0.2) is 6.29 Å². The van der Waals surface area contributed by atoms with E-state index in [-0.39, 0.29) is 0 Å². The summed E-state index contributed by atoms with van der Waals surface area (Å²) in [6.45, 7) is 1.97. The minimum Gasteiger partial charge on any atom is -0.296 e. The van der Waals surface area contributed by atoms with E-state index in [1.165, 1.54) is 0 Å². The fourth-order valence-corrected chi connectivity index (χ4v) is 2.20. The summed E-state index contributed by atoms with van der Waals surface area (Å²) < 4.78 is 1.88. The van der Waals surface area contributed by atoms with E-state index in [0.29, 0.717) is 5.69 Å². The van der Waals surface area contributed by atoms with Crippen molar-refractivity contribution >= 4 is 11.9 Å². The van der Waals surface area contributed by atoms with Crippen LogP contribution < -0.4 is 0 Å². The second-order valence-electron chi connectivity index (χ2n) is 4.19. The van der Waals surface area contributed by atoms with E-state index in [0.717, 1.165) is 28.9 Å². The van der Waals surface area contributed by atoms with Gasteiger partial charge in [0.25, 0.3) is 0 Å². The van der Waals surface area contributed by atoms with Gasteiger partial charge in [0, 0.05) is 11.3 Å². The Balaban J connectivity index is 2.37. The highest BCUT2D eigenvalue weighted by Crippen LogP contribution is 2.23. The Morgan fingerprint density at radius 1 is 1.06 bits per heavy atom. The molecule has 2 aromatic heterocycles. The molecule has 0 aliphatic rings. The lowest BCUT2D eigenvalue weighted by atomic mass is 10.1. The monoisotopic (exact) mass is 236 g/mol. The molecule has 2 heterocycles. The largest absolute Gasteiger partial charge is 0.296 e. The van der Waals surface area contributed by atoms with Crippen LogP contribution in [0, 0.1) is 6.92 Å². The Hall–Kier alpha value is -2.42. The van der Waals surface area contributed by atoms with Gasteiger partial charge in [0.05, 0.1) is 0 Å². The van der Waals surface area contributed by atoms with Crippen LogP contribution >= 0.6 is 0 Å². The molecule has 3 rings (SSSR count). The second kappa shape index (κ2) is 4.11. The number of nitrogens with zero attached hydrogens (tertiary/aromatic N) is 2. The summed E-state index contributed by atoms with van der Waals surface area (Å²) in [4.78, 5) is 15.9. The molecule has 0 radical (unpaired) electrons. The molecule has 0 amide bonds. The predicted octanol–water partition coefficient (Wildman–Crippen LogP) is 3.12. The fourth-order valence-electron chi connectivity index (χ4n) is 2.20. The van der Waals surface area contributed by atoms with Crippen molar-refractivity contribution < 1.29 is 4.79 Å². The maximum Gasteiger partial charge on any atom is 0.169 e. The summed E-state index contributed by atoms with van der Waals surface area (Å²) in [5.74, 6) is 0. The van der Waals surface area contributed by atoms with E-state index in [2.05, 4.69) is 4.98 Å². The summed E-state index contributed by atoms with van der Waals surface area (Å²) in [6, 6.07) is 15.6. The second-order valence-corrected chi connectivity index (χ2v) is 4.19. The first-order valence-corrected chi connectivity index (χ1v) is 5.80. The highest BCUT2D eigenvalue weighted by molar-refractivity contribution is 5.86. The number of aldehydes is 1. The number of rotatable bonds is 2. The Morgan fingerprint density at radius 2 is 1.83 bits per heavy atom. The van der Waals surface area contributed by atoms with Crippen molar-refractivity contribution in [2.24, 2.45) is 0 Å². The first-order valence-electron chi connectivity index (χ1n) is 5.80. The van der Waals surface area contributed by atoms with E-state index in [4.69, 9.17) is 0 Å². The van der Waals surface area contributed by atoms with Gasteiger partial charge in [-0.1, -0.05) is 36.4 Å². The minimum atomic E-state index is 0.606. The standard InChI is InChI=1S/C15H12N2O/c1-11-6-5-9-14-16-15(13(10-18)17(11)14)12-7-3-2-4-8-12/h2-10H,1H3. The van der Waals surface area contributed by atoms with Crippen molar-refractivity contribution in [2.75, 3.05) is 0 Å². The van der Waals surface area contributed by atoms with E-state index >= 15 is 0 Å². The van der Waals surface area contributed by atoms with Crippen molar-refractivity contribution in [1.29, 1.82) is 0 Å². The number of carbonyl (C=O) groups is 1. The third-order valence-corrected chi connectivity index (χ3v) is 3.03. The average Bonchev–Trinajstić information content (AvgIpc) is 2.79. The van der Waals surface area contributed by atoms with Gasteiger partial charge in [-0.3, -0.25) is 9.20 Å². The van der Waals surface area contributed by atoms with Crippen LogP contribution in [0.5, 0.6) is 0 Å². The van der Waals surface area contributed by atoms with Crippen LogP contribution in [0.3, 0.4) is 0 Å². The Kier molecular flexibility index (Phi) is 2.45. The molecule has 3 aromatic rings. The average molecular weight is 236 g/mol. The summed E-state index contributed by atoms with van der Waals surface area (Å²) in [5.41, 5.74) is 4.11. The maximum absolute atomic E-state index is 11.4. The van der Waals surface area contributed by atoms with Crippen LogP contribution in [0.15, 0.2) is 48.5 Å². The van der Waals surface area contributed by atoms with Crippen molar-refractivity contribution in [2.45, 2.75) is 6.92 Å². The Labute approximate surface area is 105 Å². The van der Waals surface area contributed by atoms with Gasteiger partial charge in [-0.2, -0.15) is 0 Å². The summed E-state index contributed by atoms with van der Waals surface area (Å²) in [6.07, 6.45) is 0.870. The van der Waals surface area contributed by atoms with Gasteiger partial charge in [0.2, 0.25) is 0 Å². The zero-order valence-corrected chi connectivity index (χ0v) is 10.00. The predicted molar refractivity (Wildman–Crippen MR) is 70.8 cm³/mol. The van der Waals surface area contributed by atoms with Gasteiger partial charge in [-0.25, -0.2) is 4.98 Å². The quantitative estimate of drug-likeness (QED) is 0.641. The minimum absolute atomic E-state index is 0.606. The smallest absolute Gasteiger partial charge is 0.169 e. The molecule has 0 saturated heterocycles. The molecule has 3 nitrogen and oxygen atoms in total. The first kappa shape index (κ1) is 10.7. The summed E-state index contributed by atoms with van der Waals surface area (Å²) >= 11 is 0. The molecule has 0 aliphatic heterocycles. The lowest BCUT2D eigenvalue weighted by molar-refractivity contribution is 0.111. The number of pyridine rings is 1. The van der Waals surface area contributed by atoms with Crippen molar-refractivity contribution in [3.05, 3.63) is 59.9 Å². The zero-order valence-electron chi connectivity index (χ0n) is 10.00. The number of fused-ring (bicyclic) bond motifs is 1. The lowest BCUT2D eigenvalue weighted by Gasteiger charge is -2.01. The SMILES string of the molecule is Cc1cccc2nc(-c3ccccc3)c(C=O)n12. The highest BCUT2D eigenvalue weighted by atomic mass is 16.1. The molecule has 0 spiro atoms. The first-order chi connectivity index (χ1) is 8.81. The Bertz CT molecular complexity index is 714. The Morgan fingerprint density at radius 3 is 2.56 bits per heavy atom. The van der Waals surface area contributed by atoms with Crippen molar-refractivity contribution in [3.8, 4) is 11.3 Å². The van der Waals surface area contributed by atoms with Crippen LogP contribution in [0.1, 0.15) is 16.2 Å². The topological polar surface area (TPSA) is 34.4 Å². The van der Waals surface area contributed by atoms with Crippen molar-refractivity contribution in [1.82, 2.24) is 9.38 Å². The van der Waals surface area contributed by atoms with Gasteiger partial charge in [-0.15, -0.1) is 0 Å². The number of imidazole rings is 1. The molecular weight excluding hydrogens is 224 g/mol. The van der Waals surface area contributed by atoms with Crippen LogP contribution in [0.4, 0.5) is 0 Å². The molecule has 18 heavy (non-hydrogen) atoms. The number of hydrogen-bond acceptors (Lipinski definition) is 2. The van der Waals surface area contributed by atoms with Crippen LogP contribution in [0.25, 0.3) is 16.9 Å². The molecular formula is C15H12N2O. The third-order valence-electron chi connectivity index (χ3n) is 3.03. The highest BCUT2D eigenvalue weighted by Gasteiger charge is 2.13. The fraction of sp³-hybridized carbons (Fsp3) is 0.0667. The maximum atomic E-state index is 11.4. The van der Waals surface area contributed by atoms with Crippen LogP contribution in [-0.4, -0.2) is 15.7 Å². The lowest BCUT2D eigenvalue weighted by Crippen LogP contribution is -1.96. The summed E-state index contributed by atoms with van der Waals surface area (Å²) in [7, 11) is 0. The van der Waals surface area contributed by atoms with Crippen LogP contribution in [0.2, 0.25) is 0 Å². The summed E-state index contributed by atoms with van der Waals surface area (Å²) in [5, 5.41) is 0. The number of benzene rings is 1. The normalized spacial score (nSPS) is 10.7. The van der Waals surface area contributed by atoms with E-state index in [1.807, 2.05) is 59.9 Å². The molecule has 0 fully saturated rings. The molecule has 0 bridgehead atoms. The van der Waals surface area contributed by atoms with Gasteiger partial charge in [-0.05, 0) is 19.1 Å². The van der Waals surface area contributed by atoms with Gasteiger partial charge < -0.3 is 0 Å². The van der Waals surface area contributed by atoms with E-state index in [9.17, 15) is 4.79 Å². The van der Waals surface area contributed by atoms with Crippen LogP contribution in [-0.2, 0) is 0 Å². The molecule has 3 heteroatoms. The molecule has 0 atom stereocenters.